The Kier molecular flexibility index (Phi) is 3.82. The van der Waals surface area contributed by atoms with E-state index in [-0.39, 0.29) is 0 Å². The number of rotatable bonds is 4. The van der Waals surface area contributed by atoms with Crippen LogP contribution in [0.2, 0.25) is 5.02 Å². The number of halogens is 1. The summed E-state index contributed by atoms with van der Waals surface area (Å²) < 4.78 is 1.96. The maximum absolute atomic E-state index is 5.89. The lowest BCUT2D eigenvalue weighted by Crippen LogP contribution is -2.17. The van der Waals surface area contributed by atoms with Crippen molar-refractivity contribution in [2.45, 2.75) is 12.8 Å². The fourth-order valence-electron chi connectivity index (χ4n) is 1.90. The number of nitrogens with one attached hydrogen (secondary N) is 1. The van der Waals surface area contributed by atoms with Gasteiger partial charge in [0.25, 0.3) is 0 Å². The minimum absolute atomic E-state index is 0.415. The van der Waals surface area contributed by atoms with E-state index < -0.39 is 0 Å². The highest BCUT2D eigenvalue weighted by Crippen LogP contribution is 2.19. The molecule has 1 unspecified atom stereocenters. The van der Waals surface area contributed by atoms with Crippen LogP contribution < -0.4 is 5.32 Å². The zero-order valence-electron chi connectivity index (χ0n) is 10.0. The first-order valence-electron chi connectivity index (χ1n) is 5.67. The van der Waals surface area contributed by atoms with Gasteiger partial charge in [0.05, 0.1) is 5.69 Å². The molecule has 0 spiro atoms. The molecule has 0 saturated carbocycles. The second-order valence-electron chi connectivity index (χ2n) is 4.10. The molecule has 0 amide bonds. The maximum atomic E-state index is 5.89. The summed E-state index contributed by atoms with van der Waals surface area (Å²) in [7, 11) is 1.96. The molecule has 1 atom stereocenters. The maximum Gasteiger partial charge on any atom is 0.0649 e. The fraction of sp³-hybridized carbons (Fsp3) is 0.308. The monoisotopic (exact) mass is 249 g/mol. The molecule has 0 radical (unpaired) electrons. The smallest absolute Gasteiger partial charge is 0.0649 e. The van der Waals surface area contributed by atoms with Crippen LogP contribution in [-0.2, 0) is 0 Å². The van der Waals surface area contributed by atoms with E-state index in [9.17, 15) is 0 Å². The molecule has 2 rings (SSSR count). The lowest BCUT2D eigenvalue weighted by Gasteiger charge is -2.13. The number of aromatic nitrogens is 2. The van der Waals surface area contributed by atoms with Gasteiger partial charge in [-0.1, -0.05) is 18.5 Å². The SMILES string of the molecule is CNCC(C)c1ccnn1-c1ccc(Cl)cc1. The quantitative estimate of drug-likeness (QED) is 0.903. The van der Waals surface area contributed by atoms with Crippen LogP contribution in [0.4, 0.5) is 0 Å². The third-order valence-electron chi connectivity index (χ3n) is 2.76. The molecule has 1 aromatic carbocycles. The molecule has 90 valence electrons. The zero-order valence-corrected chi connectivity index (χ0v) is 10.8. The van der Waals surface area contributed by atoms with Crippen molar-refractivity contribution in [2.75, 3.05) is 13.6 Å². The molecule has 0 aliphatic rings. The van der Waals surface area contributed by atoms with Crippen molar-refractivity contribution in [3.63, 3.8) is 0 Å². The summed E-state index contributed by atoms with van der Waals surface area (Å²) >= 11 is 5.89. The lowest BCUT2D eigenvalue weighted by molar-refractivity contribution is 0.634. The third kappa shape index (κ3) is 2.68. The van der Waals surface area contributed by atoms with Crippen LogP contribution in [0.1, 0.15) is 18.5 Å². The summed E-state index contributed by atoms with van der Waals surface area (Å²) in [6.07, 6.45) is 1.83. The highest BCUT2D eigenvalue weighted by atomic mass is 35.5. The summed E-state index contributed by atoms with van der Waals surface area (Å²) in [6, 6.07) is 9.77. The van der Waals surface area contributed by atoms with Crippen molar-refractivity contribution >= 4 is 11.6 Å². The Morgan fingerprint density at radius 2 is 2.00 bits per heavy atom. The topological polar surface area (TPSA) is 29.9 Å². The number of benzene rings is 1. The minimum atomic E-state index is 0.415. The predicted octanol–water partition coefficient (Wildman–Crippen LogP) is 2.85. The van der Waals surface area contributed by atoms with Crippen molar-refractivity contribution in [3.05, 3.63) is 47.2 Å². The first-order valence-corrected chi connectivity index (χ1v) is 6.04. The Bertz CT molecular complexity index is 476. The summed E-state index contributed by atoms with van der Waals surface area (Å²) in [5.74, 6) is 0.415. The Balaban J connectivity index is 2.33. The van der Waals surface area contributed by atoms with E-state index in [0.717, 1.165) is 17.3 Å². The summed E-state index contributed by atoms with van der Waals surface area (Å²) in [4.78, 5) is 0. The molecule has 0 saturated heterocycles. The van der Waals surface area contributed by atoms with Gasteiger partial charge in [0.2, 0.25) is 0 Å². The second-order valence-corrected chi connectivity index (χ2v) is 4.54. The van der Waals surface area contributed by atoms with Gasteiger partial charge in [-0.3, -0.25) is 0 Å². The Morgan fingerprint density at radius 3 is 2.65 bits per heavy atom. The van der Waals surface area contributed by atoms with Crippen molar-refractivity contribution in [3.8, 4) is 5.69 Å². The van der Waals surface area contributed by atoms with Gasteiger partial charge >= 0.3 is 0 Å². The number of hydrogen-bond donors (Lipinski definition) is 1. The van der Waals surface area contributed by atoms with Crippen LogP contribution in [0.25, 0.3) is 5.69 Å². The molecule has 1 heterocycles. The highest BCUT2D eigenvalue weighted by Gasteiger charge is 2.11. The van der Waals surface area contributed by atoms with Gasteiger partial charge < -0.3 is 5.32 Å². The van der Waals surface area contributed by atoms with Crippen LogP contribution in [-0.4, -0.2) is 23.4 Å². The predicted molar refractivity (Wildman–Crippen MR) is 70.9 cm³/mol. The molecule has 0 bridgehead atoms. The zero-order chi connectivity index (χ0) is 12.3. The van der Waals surface area contributed by atoms with Gasteiger partial charge in [-0.05, 0) is 37.4 Å². The van der Waals surface area contributed by atoms with Crippen LogP contribution in [0, 0.1) is 0 Å². The van der Waals surface area contributed by atoms with E-state index in [1.54, 1.807) is 0 Å². The van der Waals surface area contributed by atoms with E-state index in [1.807, 2.05) is 42.2 Å². The molecule has 2 aromatic rings. The average Bonchev–Trinajstić information content (AvgIpc) is 2.79. The molecule has 3 nitrogen and oxygen atoms in total. The summed E-state index contributed by atoms with van der Waals surface area (Å²) in [5, 5.41) is 8.29. The Hall–Kier alpha value is -1.32. The third-order valence-corrected chi connectivity index (χ3v) is 3.01. The van der Waals surface area contributed by atoms with Crippen LogP contribution >= 0.6 is 11.6 Å². The summed E-state index contributed by atoms with van der Waals surface area (Å²) in [5.41, 5.74) is 2.24. The number of hydrogen-bond acceptors (Lipinski definition) is 2. The van der Waals surface area contributed by atoms with Crippen LogP contribution in [0.15, 0.2) is 36.5 Å². The molecule has 17 heavy (non-hydrogen) atoms. The first-order chi connectivity index (χ1) is 8.22. The van der Waals surface area contributed by atoms with Crippen molar-refractivity contribution in [1.82, 2.24) is 15.1 Å². The van der Waals surface area contributed by atoms with Crippen LogP contribution in [0.5, 0.6) is 0 Å². The first kappa shape index (κ1) is 12.1. The molecule has 1 N–H and O–H groups in total. The van der Waals surface area contributed by atoms with E-state index in [0.29, 0.717) is 5.92 Å². The highest BCUT2D eigenvalue weighted by molar-refractivity contribution is 6.30. The van der Waals surface area contributed by atoms with E-state index in [2.05, 4.69) is 23.4 Å². The Labute approximate surface area is 106 Å². The van der Waals surface area contributed by atoms with Crippen molar-refractivity contribution in [1.29, 1.82) is 0 Å². The fourth-order valence-corrected chi connectivity index (χ4v) is 2.02. The number of nitrogens with zero attached hydrogens (tertiary/aromatic N) is 2. The van der Waals surface area contributed by atoms with Crippen molar-refractivity contribution in [2.24, 2.45) is 0 Å². The van der Waals surface area contributed by atoms with Crippen molar-refractivity contribution < 1.29 is 0 Å². The van der Waals surface area contributed by atoms with Gasteiger partial charge in [-0.25, -0.2) is 4.68 Å². The molecule has 0 aliphatic carbocycles. The normalized spacial score (nSPS) is 12.6. The molecule has 1 aromatic heterocycles. The largest absolute Gasteiger partial charge is 0.319 e. The average molecular weight is 250 g/mol. The minimum Gasteiger partial charge on any atom is -0.319 e. The number of likely N-dealkylation sites (N-methyl/N-ethyl adjacent to an activating group) is 1. The molecular formula is C13H16ClN3. The van der Waals surface area contributed by atoms with Gasteiger partial charge in [0.1, 0.15) is 0 Å². The van der Waals surface area contributed by atoms with E-state index in [4.69, 9.17) is 11.6 Å². The van der Waals surface area contributed by atoms with Crippen LogP contribution in [0.3, 0.4) is 0 Å². The summed E-state index contributed by atoms with van der Waals surface area (Å²) in [6.45, 7) is 3.11. The van der Waals surface area contributed by atoms with Gasteiger partial charge in [0, 0.05) is 29.4 Å². The Morgan fingerprint density at radius 1 is 1.29 bits per heavy atom. The van der Waals surface area contributed by atoms with Gasteiger partial charge in [-0.2, -0.15) is 5.10 Å². The van der Waals surface area contributed by atoms with E-state index >= 15 is 0 Å². The molecule has 4 heteroatoms. The molecule has 0 fully saturated rings. The van der Waals surface area contributed by atoms with Gasteiger partial charge in [0.15, 0.2) is 0 Å². The second kappa shape index (κ2) is 5.34. The van der Waals surface area contributed by atoms with E-state index in [1.165, 1.54) is 5.69 Å². The van der Waals surface area contributed by atoms with Gasteiger partial charge in [-0.15, -0.1) is 0 Å². The lowest BCUT2D eigenvalue weighted by atomic mass is 10.1. The molecular weight excluding hydrogens is 234 g/mol. The molecule has 0 aliphatic heterocycles. The standard InChI is InChI=1S/C13H16ClN3/c1-10(9-15-2)13-7-8-16-17(13)12-5-3-11(14)4-6-12/h3-8,10,15H,9H2,1-2H3.